The smallest absolute Gasteiger partial charge is 0.228 e. The first-order valence-electron chi connectivity index (χ1n) is 10.7. The molecule has 2 aromatic rings. The molecule has 2 aliphatic rings. The summed E-state index contributed by atoms with van der Waals surface area (Å²) in [5, 5.41) is 7.48. The average molecular weight is 411 g/mol. The molecular weight excluding hydrogens is 380 g/mol. The zero-order chi connectivity index (χ0) is 21.1. The van der Waals surface area contributed by atoms with Crippen molar-refractivity contribution < 1.29 is 14.1 Å². The van der Waals surface area contributed by atoms with Crippen LogP contribution in [0.1, 0.15) is 31.9 Å². The molecule has 1 N–H and O–H groups in total. The van der Waals surface area contributed by atoms with Crippen molar-refractivity contribution in [1.82, 2.24) is 20.3 Å². The van der Waals surface area contributed by atoms with Crippen LogP contribution in [0, 0.1) is 5.41 Å². The van der Waals surface area contributed by atoms with Crippen LogP contribution in [-0.2, 0) is 16.0 Å². The standard InChI is InChI=1S/C23H30N4O3/c1-17(28)27-13-10-23(16-27,22(29)24-19-8-11-26(2)12-9-19)15-20-14-21(25-30-20)18-6-4-3-5-7-18/h3-7,14,19H,8-13,15-16H2,1-2H3,(H,24,29)/t23-/m0/s1. The largest absolute Gasteiger partial charge is 0.361 e. The van der Waals surface area contributed by atoms with Gasteiger partial charge in [-0.3, -0.25) is 9.59 Å². The lowest BCUT2D eigenvalue weighted by Crippen LogP contribution is -2.51. The maximum absolute atomic E-state index is 13.4. The van der Waals surface area contributed by atoms with Gasteiger partial charge in [0.05, 0.1) is 5.41 Å². The minimum atomic E-state index is -0.678. The Morgan fingerprint density at radius 3 is 2.60 bits per heavy atom. The van der Waals surface area contributed by atoms with Gasteiger partial charge in [0.25, 0.3) is 0 Å². The van der Waals surface area contributed by atoms with Crippen LogP contribution in [0.25, 0.3) is 11.3 Å². The van der Waals surface area contributed by atoms with Crippen molar-refractivity contribution in [3.63, 3.8) is 0 Å². The van der Waals surface area contributed by atoms with Crippen molar-refractivity contribution in [3.05, 3.63) is 42.2 Å². The molecule has 0 radical (unpaired) electrons. The lowest BCUT2D eigenvalue weighted by Gasteiger charge is -2.33. The molecule has 7 heteroatoms. The monoisotopic (exact) mass is 410 g/mol. The molecule has 0 saturated carbocycles. The highest BCUT2D eigenvalue weighted by Crippen LogP contribution is 2.36. The summed E-state index contributed by atoms with van der Waals surface area (Å²) >= 11 is 0. The average Bonchev–Trinajstić information content (AvgIpc) is 3.39. The van der Waals surface area contributed by atoms with Gasteiger partial charge >= 0.3 is 0 Å². The van der Waals surface area contributed by atoms with Gasteiger partial charge in [-0.25, -0.2) is 0 Å². The third-order valence-corrected chi connectivity index (χ3v) is 6.48. The fraction of sp³-hybridized carbons (Fsp3) is 0.522. The van der Waals surface area contributed by atoms with Gasteiger partial charge < -0.3 is 19.6 Å². The van der Waals surface area contributed by atoms with Crippen molar-refractivity contribution in [1.29, 1.82) is 0 Å². The van der Waals surface area contributed by atoms with Crippen molar-refractivity contribution in [2.24, 2.45) is 5.41 Å². The second-order valence-corrected chi connectivity index (χ2v) is 8.74. The second-order valence-electron chi connectivity index (χ2n) is 8.74. The molecule has 2 fully saturated rings. The Morgan fingerprint density at radius 2 is 1.93 bits per heavy atom. The molecule has 1 aromatic carbocycles. The summed E-state index contributed by atoms with van der Waals surface area (Å²) in [7, 11) is 2.11. The summed E-state index contributed by atoms with van der Waals surface area (Å²) in [6.45, 7) is 4.55. The van der Waals surface area contributed by atoms with E-state index < -0.39 is 5.41 Å². The predicted molar refractivity (Wildman–Crippen MR) is 114 cm³/mol. The number of likely N-dealkylation sites (tertiary alicyclic amines) is 2. The van der Waals surface area contributed by atoms with Crippen LogP contribution >= 0.6 is 0 Å². The maximum atomic E-state index is 13.4. The minimum Gasteiger partial charge on any atom is -0.361 e. The number of aromatic nitrogens is 1. The molecule has 0 unspecified atom stereocenters. The van der Waals surface area contributed by atoms with Crippen LogP contribution in [0.3, 0.4) is 0 Å². The van der Waals surface area contributed by atoms with Crippen molar-refractivity contribution in [2.45, 2.75) is 38.6 Å². The summed E-state index contributed by atoms with van der Waals surface area (Å²) in [5.74, 6) is 0.711. The first kappa shape index (κ1) is 20.6. The van der Waals surface area contributed by atoms with Gasteiger partial charge in [-0.05, 0) is 39.4 Å². The Balaban J connectivity index is 1.52. The molecule has 1 aromatic heterocycles. The van der Waals surface area contributed by atoms with E-state index in [1.165, 1.54) is 0 Å². The van der Waals surface area contributed by atoms with E-state index in [0.717, 1.165) is 37.2 Å². The van der Waals surface area contributed by atoms with Gasteiger partial charge in [0.2, 0.25) is 11.8 Å². The number of benzene rings is 1. The highest BCUT2D eigenvalue weighted by Gasteiger charge is 2.47. The van der Waals surface area contributed by atoms with Crippen LogP contribution < -0.4 is 5.32 Å². The lowest BCUT2D eigenvalue weighted by atomic mass is 9.81. The molecule has 2 amide bonds. The Bertz CT molecular complexity index is 889. The third-order valence-electron chi connectivity index (χ3n) is 6.48. The maximum Gasteiger partial charge on any atom is 0.228 e. The molecule has 2 saturated heterocycles. The van der Waals surface area contributed by atoms with Gasteiger partial charge in [0.15, 0.2) is 0 Å². The first-order valence-corrected chi connectivity index (χ1v) is 10.7. The molecule has 1 atom stereocenters. The molecular formula is C23H30N4O3. The Kier molecular flexibility index (Phi) is 5.90. The quantitative estimate of drug-likeness (QED) is 0.819. The number of amides is 2. The number of nitrogens with one attached hydrogen (secondary N) is 1. The zero-order valence-corrected chi connectivity index (χ0v) is 17.8. The van der Waals surface area contributed by atoms with E-state index in [-0.39, 0.29) is 17.9 Å². The van der Waals surface area contributed by atoms with Gasteiger partial charge in [-0.2, -0.15) is 0 Å². The normalized spacial score (nSPS) is 22.9. The van der Waals surface area contributed by atoms with Crippen LogP contribution in [0.4, 0.5) is 0 Å². The molecule has 160 valence electrons. The lowest BCUT2D eigenvalue weighted by molar-refractivity contribution is -0.133. The topological polar surface area (TPSA) is 78.7 Å². The molecule has 0 aliphatic carbocycles. The van der Waals surface area contributed by atoms with Crippen molar-refractivity contribution in [3.8, 4) is 11.3 Å². The summed E-state index contributed by atoms with van der Waals surface area (Å²) in [6, 6.07) is 11.9. The fourth-order valence-electron chi connectivity index (χ4n) is 4.52. The molecule has 30 heavy (non-hydrogen) atoms. The number of piperidine rings is 1. The first-order chi connectivity index (χ1) is 14.4. The Hall–Kier alpha value is -2.67. The number of nitrogens with zero attached hydrogens (tertiary/aromatic N) is 3. The van der Waals surface area contributed by atoms with Crippen LogP contribution in [0.15, 0.2) is 40.9 Å². The highest BCUT2D eigenvalue weighted by molar-refractivity contribution is 5.85. The Labute approximate surface area is 177 Å². The zero-order valence-electron chi connectivity index (χ0n) is 17.8. The second kappa shape index (κ2) is 8.60. The van der Waals surface area contributed by atoms with E-state index in [2.05, 4.69) is 22.4 Å². The molecule has 7 nitrogen and oxygen atoms in total. The SMILES string of the molecule is CC(=O)N1CC[C@@](Cc2cc(-c3ccccc3)no2)(C(=O)NC2CCN(C)CC2)C1. The predicted octanol–water partition coefficient (Wildman–Crippen LogP) is 2.33. The van der Waals surface area contributed by atoms with Gasteiger partial charge in [0.1, 0.15) is 11.5 Å². The summed E-state index contributed by atoms with van der Waals surface area (Å²) in [6.07, 6.45) is 2.98. The van der Waals surface area contributed by atoms with E-state index in [1.807, 2.05) is 36.4 Å². The van der Waals surface area contributed by atoms with Gasteiger partial charge in [0, 0.05) is 44.1 Å². The molecule has 3 heterocycles. The number of carbonyl (C=O) groups is 2. The van der Waals surface area contributed by atoms with E-state index >= 15 is 0 Å². The number of carbonyl (C=O) groups excluding carboxylic acids is 2. The number of rotatable bonds is 5. The molecule has 2 aliphatic heterocycles. The fourth-order valence-corrected chi connectivity index (χ4v) is 4.52. The van der Waals surface area contributed by atoms with Gasteiger partial charge in [-0.1, -0.05) is 35.5 Å². The van der Waals surface area contributed by atoms with E-state index in [1.54, 1.807) is 11.8 Å². The summed E-state index contributed by atoms with van der Waals surface area (Å²) in [4.78, 5) is 29.5. The third kappa shape index (κ3) is 4.41. The van der Waals surface area contributed by atoms with Crippen LogP contribution in [-0.4, -0.2) is 66.0 Å². The number of hydrogen-bond donors (Lipinski definition) is 1. The minimum absolute atomic E-state index is 0.00603. The van der Waals surface area contributed by atoms with Crippen molar-refractivity contribution in [2.75, 3.05) is 33.2 Å². The van der Waals surface area contributed by atoms with Crippen molar-refractivity contribution >= 4 is 11.8 Å². The summed E-state index contributed by atoms with van der Waals surface area (Å²) < 4.78 is 5.62. The van der Waals surface area contributed by atoms with E-state index in [9.17, 15) is 9.59 Å². The molecule has 0 bridgehead atoms. The highest BCUT2D eigenvalue weighted by atomic mass is 16.5. The Morgan fingerprint density at radius 1 is 1.20 bits per heavy atom. The van der Waals surface area contributed by atoms with Crippen LogP contribution in [0.5, 0.6) is 0 Å². The molecule has 0 spiro atoms. The van der Waals surface area contributed by atoms with E-state index in [4.69, 9.17) is 4.52 Å². The van der Waals surface area contributed by atoms with Crippen LogP contribution in [0.2, 0.25) is 0 Å². The van der Waals surface area contributed by atoms with E-state index in [0.29, 0.717) is 31.7 Å². The molecule has 4 rings (SSSR count). The summed E-state index contributed by atoms with van der Waals surface area (Å²) in [5.41, 5.74) is 1.06. The number of hydrogen-bond acceptors (Lipinski definition) is 5. The van der Waals surface area contributed by atoms with Gasteiger partial charge in [-0.15, -0.1) is 0 Å².